The highest BCUT2D eigenvalue weighted by molar-refractivity contribution is 7.09. The minimum Gasteiger partial charge on any atom is -0.394 e. The van der Waals surface area contributed by atoms with Crippen molar-refractivity contribution in [1.29, 1.82) is 0 Å². The molecule has 0 aliphatic carbocycles. The molecular formula is C12H22N2O3S. The van der Waals surface area contributed by atoms with Crippen LogP contribution in [-0.2, 0) is 12.0 Å². The van der Waals surface area contributed by atoms with Crippen molar-refractivity contribution in [3.05, 3.63) is 16.1 Å². The molecule has 1 aromatic heterocycles. The van der Waals surface area contributed by atoms with Gasteiger partial charge in [0.05, 0.1) is 36.1 Å². The van der Waals surface area contributed by atoms with Crippen molar-refractivity contribution in [1.82, 2.24) is 10.3 Å². The first-order chi connectivity index (χ1) is 8.37. The van der Waals surface area contributed by atoms with Crippen LogP contribution in [0.3, 0.4) is 0 Å². The average molecular weight is 274 g/mol. The van der Waals surface area contributed by atoms with Crippen LogP contribution in [0.5, 0.6) is 0 Å². The Balaban J connectivity index is 2.66. The van der Waals surface area contributed by atoms with Crippen LogP contribution in [0.25, 0.3) is 0 Å². The van der Waals surface area contributed by atoms with Crippen molar-refractivity contribution < 1.29 is 15.3 Å². The van der Waals surface area contributed by atoms with Crippen LogP contribution < -0.4 is 5.32 Å². The topological polar surface area (TPSA) is 85.6 Å². The van der Waals surface area contributed by atoms with E-state index in [0.29, 0.717) is 6.54 Å². The quantitative estimate of drug-likeness (QED) is 0.597. The van der Waals surface area contributed by atoms with E-state index < -0.39 is 5.54 Å². The van der Waals surface area contributed by atoms with Crippen molar-refractivity contribution in [2.24, 2.45) is 0 Å². The maximum absolute atomic E-state index is 9.19. The lowest BCUT2D eigenvalue weighted by Crippen LogP contribution is -2.54. The zero-order valence-corrected chi connectivity index (χ0v) is 11.9. The highest BCUT2D eigenvalue weighted by Gasteiger charge is 2.27. The molecule has 0 aromatic carbocycles. The first-order valence-corrected chi connectivity index (χ1v) is 6.77. The molecule has 0 aliphatic rings. The number of aliphatic hydroxyl groups excluding tert-OH is 3. The van der Waals surface area contributed by atoms with E-state index in [2.05, 4.69) is 31.1 Å². The maximum atomic E-state index is 9.19. The molecule has 0 fully saturated rings. The van der Waals surface area contributed by atoms with E-state index in [1.165, 1.54) is 0 Å². The summed E-state index contributed by atoms with van der Waals surface area (Å²) in [5.41, 5.74) is -0.180. The number of nitrogens with one attached hydrogen (secondary N) is 1. The molecule has 0 unspecified atom stereocenters. The maximum Gasteiger partial charge on any atom is 0.0982 e. The molecule has 104 valence electrons. The highest BCUT2D eigenvalue weighted by Crippen LogP contribution is 2.25. The lowest BCUT2D eigenvalue weighted by Gasteiger charge is -2.28. The van der Waals surface area contributed by atoms with E-state index in [0.717, 1.165) is 10.7 Å². The Morgan fingerprint density at radius 1 is 1.17 bits per heavy atom. The molecule has 5 nitrogen and oxygen atoms in total. The molecule has 1 rings (SSSR count). The molecule has 0 radical (unpaired) electrons. The number of rotatable bonds is 6. The predicted octanol–water partition coefficient (Wildman–Crippen LogP) is 0.246. The smallest absolute Gasteiger partial charge is 0.0982 e. The molecule has 0 spiro atoms. The third-order valence-corrected chi connectivity index (χ3v) is 4.06. The SMILES string of the molecule is CC(C)(C)c1nc(CNC(CO)(CO)CO)cs1. The van der Waals surface area contributed by atoms with E-state index in [1.54, 1.807) is 11.3 Å². The molecule has 0 saturated carbocycles. The molecule has 0 atom stereocenters. The van der Waals surface area contributed by atoms with Gasteiger partial charge in [-0.1, -0.05) is 20.8 Å². The molecule has 18 heavy (non-hydrogen) atoms. The lowest BCUT2D eigenvalue weighted by molar-refractivity contribution is 0.0412. The van der Waals surface area contributed by atoms with Crippen molar-refractivity contribution in [3.8, 4) is 0 Å². The monoisotopic (exact) mass is 274 g/mol. The van der Waals surface area contributed by atoms with Gasteiger partial charge in [0.2, 0.25) is 0 Å². The highest BCUT2D eigenvalue weighted by atomic mass is 32.1. The number of nitrogens with zero attached hydrogens (tertiary/aromatic N) is 1. The number of aliphatic hydroxyl groups is 3. The third-order valence-electron chi connectivity index (χ3n) is 2.75. The largest absolute Gasteiger partial charge is 0.394 e. The van der Waals surface area contributed by atoms with Gasteiger partial charge < -0.3 is 15.3 Å². The Morgan fingerprint density at radius 3 is 2.11 bits per heavy atom. The Morgan fingerprint density at radius 2 is 1.72 bits per heavy atom. The predicted molar refractivity (Wildman–Crippen MR) is 71.6 cm³/mol. The molecule has 0 bridgehead atoms. The zero-order chi connectivity index (χ0) is 13.8. The molecular weight excluding hydrogens is 252 g/mol. The van der Waals surface area contributed by atoms with E-state index >= 15 is 0 Å². The summed E-state index contributed by atoms with van der Waals surface area (Å²) in [5, 5.41) is 33.5. The van der Waals surface area contributed by atoms with Gasteiger partial charge in [-0.25, -0.2) is 4.98 Å². The average Bonchev–Trinajstić information content (AvgIpc) is 2.80. The fourth-order valence-electron chi connectivity index (χ4n) is 1.33. The Labute approximate surface area is 112 Å². The molecule has 1 heterocycles. The van der Waals surface area contributed by atoms with Gasteiger partial charge in [-0.2, -0.15) is 0 Å². The van der Waals surface area contributed by atoms with Crippen LogP contribution >= 0.6 is 11.3 Å². The van der Waals surface area contributed by atoms with Crippen LogP contribution in [-0.4, -0.2) is 45.7 Å². The Kier molecular flexibility index (Phi) is 5.24. The van der Waals surface area contributed by atoms with Crippen LogP contribution in [0.15, 0.2) is 5.38 Å². The Hall–Kier alpha value is -0.530. The van der Waals surface area contributed by atoms with Gasteiger partial charge in [-0.3, -0.25) is 5.32 Å². The first kappa shape index (κ1) is 15.5. The third kappa shape index (κ3) is 3.73. The van der Waals surface area contributed by atoms with Gasteiger partial charge in [-0.05, 0) is 0 Å². The summed E-state index contributed by atoms with van der Waals surface area (Å²) in [7, 11) is 0. The standard InChI is InChI=1S/C12H22N2O3S/c1-11(2,3)10-14-9(5-18-10)4-13-12(6-15,7-16)8-17/h5,13,15-17H,4,6-8H2,1-3H3. The minimum atomic E-state index is -1.05. The number of hydrogen-bond donors (Lipinski definition) is 4. The second-order valence-electron chi connectivity index (χ2n) is 5.50. The van der Waals surface area contributed by atoms with Crippen molar-refractivity contribution in [2.75, 3.05) is 19.8 Å². The van der Waals surface area contributed by atoms with Crippen LogP contribution in [0.1, 0.15) is 31.5 Å². The molecule has 6 heteroatoms. The molecule has 0 saturated heterocycles. The number of thiazole rings is 1. The van der Waals surface area contributed by atoms with Gasteiger partial charge in [0.15, 0.2) is 0 Å². The van der Waals surface area contributed by atoms with Crippen LogP contribution in [0.2, 0.25) is 0 Å². The first-order valence-electron chi connectivity index (χ1n) is 5.89. The van der Waals surface area contributed by atoms with Crippen molar-refractivity contribution in [2.45, 2.75) is 38.3 Å². The fourth-order valence-corrected chi connectivity index (χ4v) is 2.24. The van der Waals surface area contributed by atoms with Crippen LogP contribution in [0, 0.1) is 0 Å². The lowest BCUT2D eigenvalue weighted by atomic mass is 9.98. The fraction of sp³-hybridized carbons (Fsp3) is 0.750. The zero-order valence-electron chi connectivity index (χ0n) is 11.1. The number of hydrogen-bond acceptors (Lipinski definition) is 6. The molecule has 0 aliphatic heterocycles. The summed E-state index contributed by atoms with van der Waals surface area (Å²) < 4.78 is 0. The normalized spacial score (nSPS) is 13.0. The van der Waals surface area contributed by atoms with E-state index in [1.807, 2.05) is 5.38 Å². The molecule has 4 N–H and O–H groups in total. The minimum absolute atomic E-state index is 0.0188. The summed E-state index contributed by atoms with van der Waals surface area (Å²) in [6, 6.07) is 0. The number of aromatic nitrogens is 1. The van der Waals surface area contributed by atoms with Gasteiger partial charge in [0.1, 0.15) is 0 Å². The summed E-state index contributed by atoms with van der Waals surface area (Å²) in [5.74, 6) is 0. The summed E-state index contributed by atoms with van der Waals surface area (Å²) in [6.45, 7) is 5.74. The molecule has 1 aromatic rings. The van der Waals surface area contributed by atoms with Crippen molar-refractivity contribution >= 4 is 11.3 Å². The second-order valence-corrected chi connectivity index (χ2v) is 6.36. The van der Waals surface area contributed by atoms with Crippen molar-refractivity contribution in [3.63, 3.8) is 0 Å². The second kappa shape index (κ2) is 6.08. The van der Waals surface area contributed by atoms with E-state index in [-0.39, 0.29) is 25.2 Å². The van der Waals surface area contributed by atoms with Gasteiger partial charge >= 0.3 is 0 Å². The van der Waals surface area contributed by atoms with Gasteiger partial charge in [0, 0.05) is 17.3 Å². The Bertz CT molecular complexity index is 361. The summed E-state index contributed by atoms with van der Waals surface area (Å²) in [4.78, 5) is 4.50. The van der Waals surface area contributed by atoms with Crippen LogP contribution in [0.4, 0.5) is 0 Å². The summed E-state index contributed by atoms with van der Waals surface area (Å²) >= 11 is 1.59. The van der Waals surface area contributed by atoms with Gasteiger partial charge in [-0.15, -0.1) is 11.3 Å². The van der Waals surface area contributed by atoms with E-state index in [4.69, 9.17) is 0 Å². The van der Waals surface area contributed by atoms with E-state index in [9.17, 15) is 15.3 Å². The summed E-state index contributed by atoms with van der Waals surface area (Å²) in [6.07, 6.45) is 0. The molecule has 0 amide bonds. The van der Waals surface area contributed by atoms with Gasteiger partial charge in [0.25, 0.3) is 0 Å².